The summed E-state index contributed by atoms with van der Waals surface area (Å²) < 4.78 is 33.1. The Bertz CT molecular complexity index is 740. The Morgan fingerprint density at radius 3 is 1.47 bits per heavy atom. The van der Waals surface area contributed by atoms with Gasteiger partial charge in [0.1, 0.15) is 12.1 Å². The lowest BCUT2D eigenvalue weighted by Gasteiger charge is -2.20. The fraction of sp³-hybridized carbons (Fsp3) is 0.941. The number of hydrogen-bond donors (Lipinski definition) is 3. The van der Waals surface area contributed by atoms with Gasteiger partial charge in [0.2, 0.25) is 0 Å². The van der Waals surface area contributed by atoms with Gasteiger partial charge in [-0.2, -0.15) is 0 Å². The maximum atomic E-state index is 12.4. The molecular weight excluding hydrogens is 597 g/mol. The second kappa shape index (κ2) is 31.6. The molecule has 0 saturated heterocycles. The summed E-state index contributed by atoms with van der Waals surface area (Å²) in [7, 11) is -4.59. The average molecular weight is 666 g/mol. The number of phosphoric acid groups is 1. The average Bonchev–Trinajstić information content (AvgIpc) is 3.01. The predicted molar refractivity (Wildman–Crippen MR) is 180 cm³/mol. The SMILES string of the molecule is CCCCCCCCCCCCCCCCCOCC(COP(=O)(O)OCC(N)C(=O)O)OC(=O)CCCCCCCCCC. The van der Waals surface area contributed by atoms with Crippen molar-refractivity contribution in [1.29, 1.82) is 0 Å². The smallest absolute Gasteiger partial charge is 0.472 e. The molecule has 10 nitrogen and oxygen atoms in total. The third-order valence-electron chi connectivity index (χ3n) is 7.89. The number of aliphatic carboxylic acids is 1. The summed E-state index contributed by atoms with van der Waals surface area (Å²) in [5, 5.41) is 8.83. The quantitative estimate of drug-likeness (QED) is 0.0340. The Kier molecular flexibility index (Phi) is 30.8. The van der Waals surface area contributed by atoms with Crippen LogP contribution in [0.3, 0.4) is 0 Å². The van der Waals surface area contributed by atoms with Gasteiger partial charge in [-0.15, -0.1) is 0 Å². The Balaban J connectivity index is 4.23. The van der Waals surface area contributed by atoms with Crippen LogP contribution in [0.4, 0.5) is 0 Å². The number of rotatable bonds is 35. The minimum atomic E-state index is -4.59. The molecule has 0 fully saturated rings. The first-order chi connectivity index (χ1) is 21.7. The van der Waals surface area contributed by atoms with E-state index in [9.17, 15) is 19.0 Å². The Morgan fingerprint density at radius 2 is 1.02 bits per heavy atom. The fourth-order valence-electron chi connectivity index (χ4n) is 5.01. The number of ether oxygens (including phenoxy) is 2. The summed E-state index contributed by atoms with van der Waals surface area (Å²) in [5.41, 5.74) is 5.32. The van der Waals surface area contributed by atoms with Crippen molar-refractivity contribution in [3.8, 4) is 0 Å². The highest BCUT2D eigenvalue weighted by molar-refractivity contribution is 7.47. The molecule has 0 aliphatic carbocycles. The number of hydrogen-bond acceptors (Lipinski definition) is 8. The van der Waals surface area contributed by atoms with E-state index in [4.69, 9.17) is 24.8 Å². The molecule has 45 heavy (non-hydrogen) atoms. The van der Waals surface area contributed by atoms with E-state index in [1.54, 1.807) is 0 Å². The second-order valence-corrected chi connectivity index (χ2v) is 13.8. The van der Waals surface area contributed by atoms with Crippen LogP contribution >= 0.6 is 7.82 Å². The van der Waals surface area contributed by atoms with Crippen LogP contribution in [0.25, 0.3) is 0 Å². The van der Waals surface area contributed by atoms with Crippen LogP contribution in [0.5, 0.6) is 0 Å². The molecule has 0 aliphatic rings. The third-order valence-corrected chi connectivity index (χ3v) is 8.84. The Morgan fingerprint density at radius 1 is 0.622 bits per heavy atom. The van der Waals surface area contributed by atoms with E-state index >= 15 is 0 Å². The highest BCUT2D eigenvalue weighted by Gasteiger charge is 2.27. The standard InChI is InChI=1S/C34H68NO9P/c1-3-5-7-9-11-13-14-15-16-17-18-19-21-23-25-27-41-28-31(29-42-45(39,40)43-30-32(35)34(37)38)44-33(36)26-24-22-20-12-10-8-6-4-2/h31-32H,3-30,35H2,1-2H3,(H,37,38)(H,39,40). The second-order valence-electron chi connectivity index (χ2n) is 12.4. The highest BCUT2D eigenvalue weighted by Crippen LogP contribution is 2.43. The van der Waals surface area contributed by atoms with Crippen molar-refractivity contribution < 1.29 is 42.7 Å². The monoisotopic (exact) mass is 665 g/mol. The molecule has 11 heteroatoms. The van der Waals surface area contributed by atoms with Crippen LogP contribution in [-0.4, -0.2) is 60.5 Å². The number of unbranched alkanes of at least 4 members (excludes halogenated alkanes) is 21. The van der Waals surface area contributed by atoms with Gasteiger partial charge in [-0.25, -0.2) is 4.57 Å². The van der Waals surface area contributed by atoms with E-state index in [2.05, 4.69) is 18.4 Å². The summed E-state index contributed by atoms with van der Waals surface area (Å²) >= 11 is 0. The molecule has 0 spiro atoms. The molecule has 0 amide bonds. The van der Waals surface area contributed by atoms with Gasteiger partial charge < -0.3 is 25.2 Å². The zero-order chi connectivity index (χ0) is 33.4. The van der Waals surface area contributed by atoms with Crippen LogP contribution in [-0.2, 0) is 32.7 Å². The molecule has 0 aromatic carbocycles. The predicted octanol–water partition coefficient (Wildman–Crippen LogP) is 8.86. The number of phosphoric ester groups is 1. The van der Waals surface area contributed by atoms with Gasteiger partial charge in [0.05, 0.1) is 19.8 Å². The molecular formula is C34H68NO9P. The van der Waals surface area contributed by atoms with Gasteiger partial charge in [0.25, 0.3) is 0 Å². The number of carboxylic acids is 1. The molecule has 0 heterocycles. The number of esters is 1. The molecule has 0 bridgehead atoms. The van der Waals surface area contributed by atoms with Gasteiger partial charge in [-0.1, -0.05) is 149 Å². The lowest BCUT2D eigenvalue weighted by atomic mass is 10.0. The minimum absolute atomic E-state index is 0.0242. The number of carbonyl (C=O) groups excluding carboxylic acids is 1. The van der Waals surface area contributed by atoms with Crippen LogP contribution in [0.15, 0.2) is 0 Å². The van der Waals surface area contributed by atoms with Crippen molar-refractivity contribution >= 4 is 19.8 Å². The van der Waals surface area contributed by atoms with E-state index in [0.717, 1.165) is 44.9 Å². The van der Waals surface area contributed by atoms with E-state index in [1.165, 1.54) is 103 Å². The van der Waals surface area contributed by atoms with Crippen molar-refractivity contribution in [3.63, 3.8) is 0 Å². The fourth-order valence-corrected chi connectivity index (χ4v) is 5.79. The van der Waals surface area contributed by atoms with Gasteiger partial charge in [0.15, 0.2) is 0 Å². The normalized spacial score (nSPS) is 14.2. The maximum absolute atomic E-state index is 12.4. The Hall–Kier alpha value is -1.03. The highest BCUT2D eigenvalue weighted by atomic mass is 31.2. The summed E-state index contributed by atoms with van der Waals surface area (Å²) in [4.78, 5) is 33.2. The minimum Gasteiger partial charge on any atom is -0.480 e. The van der Waals surface area contributed by atoms with E-state index in [0.29, 0.717) is 6.61 Å². The summed E-state index contributed by atoms with van der Waals surface area (Å²) in [6.45, 7) is 3.85. The number of carbonyl (C=O) groups is 2. The number of carboxylic acid groups (broad SMARTS) is 1. The van der Waals surface area contributed by atoms with Crippen LogP contribution in [0, 0.1) is 0 Å². The summed E-state index contributed by atoms with van der Waals surface area (Å²) in [6, 6.07) is -1.47. The zero-order valence-electron chi connectivity index (χ0n) is 28.7. The van der Waals surface area contributed by atoms with E-state index in [1.807, 2.05) is 0 Å². The van der Waals surface area contributed by atoms with E-state index < -0.39 is 45.1 Å². The van der Waals surface area contributed by atoms with Gasteiger partial charge in [-0.05, 0) is 12.8 Å². The first kappa shape index (κ1) is 44.0. The van der Waals surface area contributed by atoms with Crippen molar-refractivity contribution in [2.75, 3.05) is 26.4 Å². The molecule has 0 saturated carbocycles. The first-order valence-electron chi connectivity index (χ1n) is 18.1. The Labute approximate surface area is 274 Å². The molecule has 268 valence electrons. The van der Waals surface area contributed by atoms with Gasteiger partial charge in [-0.3, -0.25) is 18.6 Å². The molecule has 0 aromatic rings. The van der Waals surface area contributed by atoms with Crippen LogP contribution in [0.2, 0.25) is 0 Å². The topological polar surface area (TPSA) is 155 Å². The van der Waals surface area contributed by atoms with E-state index in [-0.39, 0.29) is 13.0 Å². The molecule has 4 N–H and O–H groups in total. The summed E-state index contributed by atoms with van der Waals surface area (Å²) in [5.74, 6) is -1.78. The molecule has 3 atom stereocenters. The zero-order valence-corrected chi connectivity index (χ0v) is 29.6. The van der Waals surface area contributed by atoms with Crippen LogP contribution in [0.1, 0.15) is 168 Å². The molecule has 0 radical (unpaired) electrons. The van der Waals surface area contributed by atoms with Crippen molar-refractivity contribution in [3.05, 3.63) is 0 Å². The lowest BCUT2D eigenvalue weighted by Crippen LogP contribution is -2.34. The van der Waals surface area contributed by atoms with Gasteiger partial charge >= 0.3 is 19.8 Å². The lowest BCUT2D eigenvalue weighted by molar-refractivity contribution is -0.154. The maximum Gasteiger partial charge on any atom is 0.472 e. The molecule has 0 aliphatic heterocycles. The molecule has 0 aromatic heterocycles. The largest absolute Gasteiger partial charge is 0.480 e. The third kappa shape index (κ3) is 31.3. The van der Waals surface area contributed by atoms with Crippen molar-refractivity contribution in [1.82, 2.24) is 0 Å². The molecule has 0 rings (SSSR count). The molecule has 3 unspecified atom stereocenters. The van der Waals surface area contributed by atoms with Crippen molar-refractivity contribution in [2.24, 2.45) is 5.73 Å². The van der Waals surface area contributed by atoms with Crippen molar-refractivity contribution in [2.45, 2.75) is 180 Å². The first-order valence-corrected chi connectivity index (χ1v) is 19.6. The number of nitrogens with two attached hydrogens (primary N) is 1. The summed E-state index contributed by atoms with van der Waals surface area (Å²) in [6.07, 6.45) is 27.4. The van der Waals surface area contributed by atoms with Gasteiger partial charge in [0, 0.05) is 13.0 Å². The van der Waals surface area contributed by atoms with Crippen LogP contribution < -0.4 is 5.73 Å².